The molecule has 0 bridgehead atoms. The predicted octanol–water partition coefficient (Wildman–Crippen LogP) is 6.39. The Hall–Kier alpha value is -4.57. The molecule has 0 aliphatic heterocycles. The van der Waals surface area contributed by atoms with Crippen molar-refractivity contribution in [1.82, 2.24) is 14.5 Å². The topological polar surface area (TPSA) is 90.9 Å². The van der Waals surface area contributed by atoms with Crippen molar-refractivity contribution in [3.8, 4) is 11.1 Å². The Morgan fingerprint density at radius 1 is 0.927 bits per heavy atom. The van der Waals surface area contributed by atoms with E-state index in [0.717, 1.165) is 12.1 Å². The Kier molecular flexibility index (Phi) is 7.85. The maximum atomic E-state index is 14.2. The molecule has 2 N–H and O–H groups in total. The molecule has 208 valence electrons. The van der Waals surface area contributed by atoms with Gasteiger partial charge in [0.2, 0.25) is 0 Å². The first-order valence-corrected chi connectivity index (χ1v) is 12.8. The van der Waals surface area contributed by atoms with Crippen molar-refractivity contribution >= 4 is 34.3 Å². The van der Waals surface area contributed by atoms with Crippen molar-refractivity contribution in [1.29, 1.82) is 0 Å². The zero-order valence-electron chi connectivity index (χ0n) is 21.3. The fourth-order valence-electron chi connectivity index (χ4n) is 4.86. The van der Waals surface area contributed by atoms with Crippen LogP contribution in [0.2, 0.25) is 5.02 Å². The summed E-state index contributed by atoms with van der Waals surface area (Å²) < 4.78 is 57.7. The Morgan fingerprint density at radius 3 is 2.41 bits per heavy atom. The molecule has 2 heterocycles. The van der Waals surface area contributed by atoms with Crippen LogP contribution in [0.5, 0.6) is 0 Å². The number of primary amides is 1. The number of amides is 1. The standard InChI is InChI=1S/C30H21ClF4N4O2/c31-24-12-28-27(13-26(24)35)38-15-39(28)14-21(40)9-18(6-16-7-19(32)11-20(33)8-16)29-22(2-1-5-37-29)17-3-4-25(34)23(10-17)30(36)41/h1-5,7-8,10-13,15,18H,6,9,14H2,(H2,36,41)/t18-/m1/s1. The van der Waals surface area contributed by atoms with E-state index in [0.29, 0.717) is 33.4 Å². The van der Waals surface area contributed by atoms with E-state index in [-0.39, 0.29) is 35.8 Å². The Balaban J connectivity index is 1.53. The molecule has 5 rings (SSSR count). The minimum Gasteiger partial charge on any atom is -0.366 e. The van der Waals surface area contributed by atoms with E-state index in [2.05, 4.69) is 9.97 Å². The molecule has 0 spiro atoms. The van der Waals surface area contributed by atoms with E-state index >= 15 is 0 Å². The fourth-order valence-corrected chi connectivity index (χ4v) is 5.01. The summed E-state index contributed by atoms with van der Waals surface area (Å²) in [6.07, 6.45) is 2.82. The first kappa shape index (κ1) is 28.0. The summed E-state index contributed by atoms with van der Waals surface area (Å²) >= 11 is 5.93. The molecule has 0 unspecified atom stereocenters. The van der Waals surface area contributed by atoms with Gasteiger partial charge in [0.25, 0.3) is 5.91 Å². The fraction of sp³-hybridized carbons (Fsp3) is 0.133. The molecular weight excluding hydrogens is 560 g/mol. The smallest absolute Gasteiger partial charge is 0.251 e. The maximum absolute atomic E-state index is 14.2. The lowest BCUT2D eigenvalue weighted by Crippen LogP contribution is -2.17. The van der Waals surface area contributed by atoms with Gasteiger partial charge in [-0.05, 0) is 53.9 Å². The van der Waals surface area contributed by atoms with Gasteiger partial charge in [0, 0.05) is 36.2 Å². The predicted molar refractivity (Wildman–Crippen MR) is 145 cm³/mol. The van der Waals surface area contributed by atoms with E-state index in [1.165, 1.54) is 53.5 Å². The first-order chi connectivity index (χ1) is 19.6. The third kappa shape index (κ3) is 6.12. The number of imidazole rings is 1. The molecular formula is C30H21ClF4N4O2. The zero-order valence-corrected chi connectivity index (χ0v) is 22.0. The zero-order chi connectivity index (χ0) is 29.3. The third-order valence-corrected chi connectivity index (χ3v) is 6.95. The lowest BCUT2D eigenvalue weighted by Gasteiger charge is -2.20. The van der Waals surface area contributed by atoms with Crippen LogP contribution in [-0.4, -0.2) is 26.2 Å². The van der Waals surface area contributed by atoms with Crippen LogP contribution in [0.1, 0.15) is 34.0 Å². The summed E-state index contributed by atoms with van der Waals surface area (Å²) in [6.45, 7) is -0.142. The van der Waals surface area contributed by atoms with Crippen molar-refractivity contribution in [3.05, 3.63) is 118 Å². The number of aromatic nitrogens is 3. The molecule has 0 saturated carbocycles. The van der Waals surface area contributed by atoms with Gasteiger partial charge >= 0.3 is 0 Å². The molecule has 0 aliphatic carbocycles. The van der Waals surface area contributed by atoms with Crippen molar-refractivity contribution in [3.63, 3.8) is 0 Å². The van der Waals surface area contributed by atoms with Crippen LogP contribution in [-0.2, 0) is 17.8 Å². The average molecular weight is 581 g/mol. The third-order valence-electron chi connectivity index (χ3n) is 6.66. The first-order valence-electron chi connectivity index (χ1n) is 12.4. The Labute approximate surface area is 236 Å². The molecule has 3 aromatic carbocycles. The number of fused-ring (bicyclic) bond motifs is 1. The highest BCUT2D eigenvalue weighted by Gasteiger charge is 2.24. The number of nitrogens with two attached hydrogens (primary N) is 1. The molecule has 1 amide bonds. The number of carbonyl (C=O) groups excluding carboxylic acids is 2. The highest BCUT2D eigenvalue weighted by Crippen LogP contribution is 2.34. The number of nitrogens with zero attached hydrogens (tertiary/aromatic N) is 3. The van der Waals surface area contributed by atoms with E-state index < -0.39 is 35.1 Å². The highest BCUT2D eigenvalue weighted by atomic mass is 35.5. The summed E-state index contributed by atoms with van der Waals surface area (Å²) in [6, 6.07) is 12.8. The van der Waals surface area contributed by atoms with Crippen LogP contribution in [0, 0.1) is 23.3 Å². The van der Waals surface area contributed by atoms with Gasteiger partial charge in [-0.3, -0.25) is 14.6 Å². The molecule has 0 saturated heterocycles. The van der Waals surface area contributed by atoms with Crippen molar-refractivity contribution < 1.29 is 27.2 Å². The number of rotatable bonds is 9. The second kappa shape index (κ2) is 11.5. The van der Waals surface area contributed by atoms with E-state index in [9.17, 15) is 27.2 Å². The summed E-state index contributed by atoms with van der Waals surface area (Å²) in [5.41, 5.74) is 7.38. The normalized spacial score (nSPS) is 12.0. The van der Waals surface area contributed by atoms with E-state index in [4.69, 9.17) is 17.3 Å². The lowest BCUT2D eigenvalue weighted by atomic mass is 9.86. The van der Waals surface area contributed by atoms with Gasteiger partial charge in [-0.15, -0.1) is 0 Å². The second-order valence-corrected chi connectivity index (χ2v) is 9.95. The van der Waals surface area contributed by atoms with Crippen LogP contribution in [0.25, 0.3) is 22.2 Å². The van der Waals surface area contributed by atoms with Crippen LogP contribution >= 0.6 is 11.6 Å². The highest BCUT2D eigenvalue weighted by molar-refractivity contribution is 6.31. The van der Waals surface area contributed by atoms with Gasteiger partial charge in [-0.25, -0.2) is 22.5 Å². The summed E-state index contributed by atoms with van der Waals surface area (Å²) in [4.78, 5) is 33.8. The minimum absolute atomic E-state index is 0.0377. The Morgan fingerprint density at radius 2 is 1.68 bits per heavy atom. The largest absolute Gasteiger partial charge is 0.366 e. The van der Waals surface area contributed by atoms with Crippen molar-refractivity contribution in [2.45, 2.75) is 25.3 Å². The number of ketones is 1. The van der Waals surface area contributed by atoms with Gasteiger partial charge in [-0.2, -0.15) is 0 Å². The van der Waals surface area contributed by atoms with Gasteiger partial charge in [0.15, 0.2) is 5.78 Å². The maximum Gasteiger partial charge on any atom is 0.251 e. The summed E-state index contributed by atoms with van der Waals surface area (Å²) in [5, 5.41) is -0.120. The van der Waals surface area contributed by atoms with Gasteiger partial charge < -0.3 is 10.3 Å². The molecule has 11 heteroatoms. The monoisotopic (exact) mass is 580 g/mol. The molecule has 0 radical (unpaired) electrons. The lowest BCUT2D eigenvalue weighted by molar-refractivity contribution is -0.120. The Bertz CT molecular complexity index is 1790. The molecule has 1 atom stereocenters. The number of pyridine rings is 1. The van der Waals surface area contributed by atoms with Crippen LogP contribution in [0.4, 0.5) is 17.6 Å². The number of Topliss-reactive ketones (excluding diaryl/α,β-unsaturated/α-hetero) is 1. The van der Waals surface area contributed by atoms with E-state index in [1.807, 2.05) is 0 Å². The number of halogens is 5. The number of carbonyl (C=O) groups is 2. The van der Waals surface area contributed by atoms with Crippen molar-refractivity contribution in [2.24, 2.45) is 5.73 Å². The second-order valence-electron chi connectivity index (χ2n) is 9.54. The minimum atomic E-state index is -0.954. The summed E-state index contributed by atoms with van der Waals surface area (Å²) in [5.74, 6) is -4.89. The van der Waals surface area contributed by atoms with Crippen LogP contribution < -0.4 is 5.73 Å². The molecule has 0 fully saturated rings. The van der Waals surface area contributed by atoms with E-state index in [1.54, 1.807) is 12.1 Å². The molecule has 0 aliphatic rings. The molecule has 6 nitrogen and oxygen atoms in total. The number of hydrogen-bond acceptors (Lipinski definition) is 4. The SMILES string of the molecule is NC(=O)c1cc(-c2cccnc2[C@@H](CC(=O)Cn2cnc3cc(F)c(Cl)cc32)Cc2cc(F)cc(F)c2)ccc1F. The number of hydrogen-bond donors (Lipinski definition) is 1. The van der Waals surface area contributed by atoms with Crippen molar-refractivity contribution in [2.75, 3.05) is 0 Å². The molecule has 2 aromatic heterocycles. The van der Waals surface area contributed by atoms with Crippen LogP contribution in [0.15, 0.2) is 73.2 Å². The number of benzene rings is 3. The summed E-state index contributed by atoms with van der Waals surface area (Å²) in [7, 11) is 0. The quantitative estimate of drug-likeness (QED) is 0.204. The molecule has 5 aromatic rings. The average Bonchev–Trinajstić information content (AvgIpc) is 3.28. The van der Waals surface area contributed by atoms with Gasteiger partial charge in [-0.1, -0.05) is 23.7 Å². The van der Waals surface area contributed by atoms with Gasteiger partial charge in [0.05, 0.1) is 40.2 Å². The van der Waals surface area contributed by atoms with Crippen LogP contribution in [0.3, 0.4) is 0 Å². The van der Waals surface area contributed by atoms with Gasteiger partial charge in [0.1, 0.15) is 23.3 Å². The molecule has 41 heavy (non-hydrogen) atoms.